The number of hydrogen-bond donors (Lipinski definition) is 1. The van der Waals surface area contributed by atoms with Gasteiger partial charge in [0, 0.05) is 10.2 Å². The van der Waals surface area contributed by atoms with E-state index in [2.05, 4.69) is 21.2 Å². The summed E-state index contributed by atoms with van der Waals surface area (Å²) < 4.78 is 33.5. The largest absolute Gasteiger partial charge is 0.497 e. The summed E-state index contributed by atoms with van der Waals surface area (Å²) in [6.07, 6.45) is 0. The summed E-state index contributed by atoms with van der Waals surface area (Å²) in [6.45, 7) is -0.370. The number of nitrogens with one attached hydrogen (secondary N) is 1. The van der Waals surface area contributed by atoms with E-state index in [0.717, 1.165) is 8.78 Å². The first-order chi connectivity index (χ1) is 13.9. The Hall–Kier alpha value is -2.84. The van der Waals surface area contributed by atoms with E-state index in [9.17, 15) is 13.2 Å². The topological polar surface area (TPSA) is 75.7 Å². The number of amides is 1. The zero-order valence-corrected chi connectivity index (χ0v) is 18.0. The maximum absolute atomic E-state index is 13.3. The van der Waals surface area contributed by atoms with Gasteiger partial charge >= 0.3 is 0 Å². The van der Waals surface area contributed by atoms with E-state index >= 15 is 0 Å². The zero-order valence-electron chi connectivity index (χ0n) is 15.6. The van der Waals surface area contributed by atoms with Gasteiger partial charge in [-0.05, 0) is 54.6 Å². The molecule has 0 unspecified atom stereocenters. The highest BCUT2D eigenvalue weighted by molar-refractivity contribution is 9.10. The Morgan fingerprint density at radius 2 is 1.69 bits per heavy atom. The summed E-state index contributed by atoms with van der Waals surface area (Å²) in [7, 11) is -2.46. The number of ether oxygens (including phenoxy) is 1. The third-order valence-electron chi connectivity index (χ3n) is 4.09. The minimum absolute atomic E-state index is 0.0670. The second kappa shape index (κ2) is 9.11. The first-order valence-electron chi connectivity index (χ1n) is 8.67. The molecule has 1 N–H and O–H groups in total. The first kappa shape index (κ1) is 20.9. The van der Waals surface area contributed by atoms with Crippen molar-refractivity contribution in [3.8, 4) is 5.75 Å². The van der Waals surface area contributed by atoms with Gasteiger partial charge in [-0.25, -0.2) is 8.42 Å². The van der Waals surface area contributed by atoms with E-state index in [1.807, 2.05) is 6.07 Å². The predicted molar refractivity (Wildman–Crippen MR) is 117 cm³/mol. The Morgan fingerprint density at radius 1 is 1.00 bits per heavy atom. The summed E-state index contributed by atoms with van der Waals surface area (Å²) in [5.41, 5.74) is 0.965. The van der Waals surface area contributed by atoms with Gasteiger partial charge in [-0.3, -0.25) is 9.10 Å². The number of sulfonamides is 1. The van der Waals surface area contributed by atoms with Crippen molar-refractivity contribution in [2.75, 3.05) is 23.3 Å². The minimum Gasteiger partial charge on any atom is -0.497 e. The van der Waals surface area contributed by atoms with Crippen molar-refractivity contribution in [2.45, 2.75) is 4.90 Å². The molecule has 0 aliphatic rings. The SMILES string of the molecule is COc1ccc(S(=O)(=O)N(CC(=O)Nc2cccc(Br)c2)c2ccccc2)cc1. The number of carbonyl (C=O) groups excluding carboxylic acids is 1. The average molecular weight is 475 g/mol. The van der Waals surface area contributed by atoms with Gasteiger partial charge in [-0.15, -0.1) is 0 Å². The molecule has 3 aromatic carbocycles. The second-order valence-electron chi connectivity index (χ2n) is 6.08. The van der Waals surface area contributed by atoms with Gasteiger partial charge in [-0.2, -0.15) is 0 Å². The molecule has 0 aromatic heterocycles. The van der Waals surface area contributed by atoms with Crippen LogP contribution in [0.1, 0.15) is 0 Å². The fraction of sp³-hybridized carbons (Fsp3) is 0.0952. The molecule has 0 aliphatic heterocycles. The van der Waals surface area contributed by atoms with Gasteiger partial charge in [0.2, 0.25) is 5.91 Å². The molecule has 6 nitrogen and oxygen atoms in total. The Bertz CT molecular complexity index is 1090. The van der Waals surface area contributed by atoms with Gasteiger partial charge < -0.3 is 10.1 Å². The lowest BCUT2D eigenvalue weighted by atomic mass is 10.3. The third kappa shape index (κ3) is 5.16. The van der Waals surface area contributed by atoms with Crippen molar-refractivity contribution < 1.29 is 17.9 Å². The molecule has 0 saturated heterocycles. The fourth-order valence-corrected chi connectivity index (χ4v) is 4.50. The number of hydrogen-bond acceptors (Lipinski definition) is 4. The van der Waals surface area contributed by atoms with E-state index in [4.69, 9.17) is 4.74 Å². The number of halogens is 1. The molecule has 8 heteroatoms. The molecule has 0 atom stereocenters. The number of para-hydroxylation sites is 1. The number of methoxy groups -OCH3 is 1. The van der Waals surface area contributed by atoms with Crippen LogP contribution in [0.4, 0.5) is 11.4 Å². The van der Waals surface area contributed by atoms with Crippen LogP contribution in [0, 0.1) is 0 Å². The molecule has 3 rings (SSSR count). The van der Waals surface area contributed by atoms with Crippen LogP contribution in [-0.2, 0) is 14.8 Å². The van der Waals surface area contributed by atoms with E-state index in [-0.39, 0.29) is 11.4 Å². The lowest BCUT2D eigenvalue weighted by Crippen LogP contribution is -2.38. The van der Waals surface area contributed by atoms with Gasteiger partial charge in [-0.1, -0.05) is 40.2 Å². The number of benzene rings is 3. The molecule has 0 fully saturated rings. The molecule has 0 spiro atoms. The summed E-state index contributed by atoms with van der Waals surface area (Å²) >= 11 is 3.35. The maximum Gasteiger partial charge on any atom is 0.264 e. The molecular weight excluding hydrogens is 456 g/mol. The van der Waals surface area contributed by atoms with Crippen molar-refractivity contribution in [3.05, 3.63) is 83.3 Å². The molecule has 1 amide bonds. The minimum atomic E-state index is -3.97. The van der Waals surface area contributed by atoms with Crippen molar-refractivity contribution in [2.24, 2.45) is 0 Å². The van der Waals surface area contributed by atoms with Crippen molar-refractivity contribution in [1.82, 2.24) is 0 Å². The van der Waals surface area contributed by atoms with Crippen molar-refractivity contribution >= 4 is 43.2 Å². The molecule has 29 heavy (non-hydrogen) atoms. The normalized spacial score (nSPS) is 11.0. The average Bonchev–Trinajstić information content (AvgIpc) is 2.72. The lowest BCUT2D eigenvalue weighted by molar-refractivity contribution is -0.114. The van der Waals surface area contributed by atoms with Crippen LogP contribution in [-0.4, -0.2) is 28.0 Å². The highest BCUT2D eigenvalue weighted by Crippen LogP contribution is 2.25. The summed E-state index contributed by atoms with van der Waals surface area (Å²) in [4.78, 5) is 12.7. The molecule has 3 aromatic rings. The molecular formula is C21H19BrN2O4S. The summed E-state index contributed by atoms with van der Waals surface area (Å²) in [5, 5.41) is 2.73. The van der Waals surface area contributed by atoms with E-state index in [1.165, 1.54) is 19.2 Å². The molecule has 0 radical (unpaired) electrons. The first-order valence-corrected chi connectivity index (χ1v) is 10.9. The highest BCUT2D eigenvalue weighted by atomic mass is 79.9. The van der Waals surface area contributed by atoms with Crippen LogP contribution in [0.5, 0.6) is 5.75 Å². The number of carbonyl (C=O) groups is 1. The number of nitrogens with zero attached hydrogens (tertiary/aromatic N) is 1. The van der Waals surface area contributed by atoms with Crippen molar-refractivity contribution in [3.63, 3.8) is 0 Å². The van der Waals surface area contributed by atoms with Gasteiger partial charge in [0.25, 0.3) is 10.0 Å². The molecule has 150 valence electrons. The van der Waals surface area contributed by atoms with E-state index in [0.29, 0.717) is 17.1 Å². The quantitative estimate of drug-likeness (QED) is 0.553. The van der Waals surface area contributed by atoms with Gasteiger partial charge in [0.15, 0.2) is 0 Å². The molecule has 0 aliphatic carbocycles. The van der Waals surface area contributed by atoms with Crippen LogP contribution < -0.4 is 14.4 Å². The highest BCUT2D eigenvalue weighted by Gasteiger charge is 2.27. The molecule has 0 heterocycles. The third-order valence-corrected chi connectivity index (χ3v) is 6.37. The van der Waals surface area contributed by atoms with Crippen LogP contribution in [0.2, 0.25) is 0 Å². The van der Waals surface area contributed by atoms with Crippen LogP contribution >= 0.6 is 15.9 Å². The molecule has 0 saturated carbocycles. The standard InChI is InChI=1S/C21H19BrN2O4S/c1-28-19-10-12-20(13-11-19)29(26,27)24(18-8-3-2-4-9-18)15-21(25)23-17-7-5-6-16(22)14-17/h2-14H,15H2,1H3,(H,23,25). The maximum atomic E-state index is 13.3. The smallest absolute Gasteiger partial charge is 0.264 e. The summed E-state index contributed by atoms with van der Waals surface area (Å²) in [6, 6.07) is 21.6. The fourth-order valence-electron chi connectivity index (χ4n) is 2.68. The monoisotopic (exact) mass is 474 g/mol. The summed E-state index contributed by atoms with van der Waals surface area (Å²) in [5.74, 6) is 0.0895. The Kier molecular flexibility index (Phi) is 6.56. The van der Waals surface area contributed by atoms with E-state index in [1.54, 1.807) is 60.7 Å². The van der Waals surface area contributed by atoms with Gasteiger partial charge in [0.1, 0.15) is 12.3 Å². The van der Waals surface area contributed by atoms with Gasteiger partial charge in [0.05, 0.1) is 17.7 Å². The number of anilines is 2. The molecule has 0 bridgehead atoms. The Balaban J connectivity index is 1.91. The Labute approximate surface area is 178 Å². The predicted octanol–water partition coefficient (Wildman–Crippen LogP) is 4.29. The van der Waals surface area contributed by atoms with Crippen LogP contribution in [0.25, 0.3) is 0 Å². The lowest BCUT2D eigenvalue weighted by Gasteiger charge is -2.24. The Morgan fingerprint density at radius 3 is 2.31 bits per heavy atom. The second-order valence-corrected chi connectivity index (χ2v) is 8.86. The zero-order chi connectivity index (χ0) is 20.9. The van der Waals surface area contributed by atoms with Crippen LogP contribution in [0.3, 0.4) is 0 Å². The van der Waals surface area contributed by atoms with Crippen molar-refractivity contribution in [1.29, 1.82) is 0 Å². The van der Waals surface area contributed by atoms with E-state index < -0.39 is 15.9 Å². The van der Waals surface area contributed by atoms with Crippen LogP contribution in [0.15, 0.2) is 88.2 Å². The number of rotatable bonds is 7.